The van der Waals surface area contributed by atoms with Crippen molar-refractivity contribution in [3.05, 3.63) is 103 Å². The summed E-state index contributed by atoms with van der Waals surface area (Å²) in [5, 5.41) is 1.02. The summed E-state index contributed by atoms with van der Waals surface area (Å²) in [6.07, 6.45) is 8.51. The van der Waals surface area contributed by atoms with Crippen LogP contribution in [0.5, 0.6) is 5.75 Å². The predicted octanol–water partition coefficient (Wildman–Crippen LogP) is 5.93. The van der Waals surface area contributed by atoms with E-state index in [4.69, 9.17) is 14.7 Å². The van der Waals surface area contributed by atoms with E-state index in [2.05, 4.69) is 48.6 Å². The van der Waals surface area contributed by atoms with Crippen LogP contribution in [0.25, 0.3) is 33.5 Å². The molecule has 2 atom stereocenters. The predicted molar refractivity (Wildman–Crippen MR) is 116 cm³/mol. The highest BCUT2D eigenvalue weighted by Crippen LogP contribution is 2.46. The molecule has 6 rings (SSSR count). The van der Waals surface area contributed by atoms with Gasteiger partial charge in [-0.3, -0.25) is 0 Å². The summed E-state index contributed by atoms with van der Waals surface area (Å²) in [5.41, 5.74) is 5.08. The average Bonchev–Trinajstić information content (AvgIpc) is 3.19. The zero-order valence-electron chi connectivity index (χ0n) is 15.7. The molecule has 1 aliphatic heterocycles. The van der Waals surface area contributed by atoms with Crippen molar-refractivity contribution >= 4 is 10.9 Å². The fourth-order valence-corrected chi connectivity index (χ4v) is 4.22. The van der Waals surface area contributed by atoms with E-state index in [9.17, 15) is 0 Å². The van der Waals surface area contributed by atoms with Crippen LogP contribution in [0.4, 0.5) is 0 Å². The average molecular weight is 374 g/mol. The van der Waals surface area contributed by atoms with Gasteiger partial charge in [0, 0.05) is 28.0 Å². The number of rotatable bonds is 2. The molecule has 0 saturated carbocycles. The molecule has 0 fully saturated rings. The number of benzene rings is 3. The van der Waals surface area contributed by atoms with Crippen LogP contribution in [0, 0.1) is 0 Å². The first kappa shape index (κ1) is 16.3. The van der Waals surface area contributed by atoms with Gasteiger partial charge in [-0.2, -0.15) is 0 Å². The molecule has 4 aromatic rings. The monoisotopic (exact) mass is 374 g/mol. The maximum Gasteiger partial charge on any atom is 0.160 e. The zero-order valence-corrected chi connectivity index (χ0v) is 15.7. The fraction of sp³-hybridized carbons (Fsp3) is 0.0769. The molecule has 0 radical (unpaired) electrons. The maximum absolute atomic E-state index is 6.38. The molecule has 3 heteroatoms. The van der Waals surface area contributed by atoms with E-state index in [1.807, 2.05) is 48.5 Å². The fourth-order valence-electron chi connectivity index (χ4n) is 4.22. The number of aromatic nitrogens is 2. The van der Waals surface area contributed by atoms with Crippen LogP contribution in [0.15, 0.2) is 97.1 Å². The molecule has 0 bridgehead atoms. The van der Waals surface area contributed by atoms with Gasteiger partial charge in [0.05, 0.1) is 5.69 Å². The zero-order chi connectivity index (χ0) is 19.2. The molecule has 1 aliphatic carbocycles. The Bertz CT molecular complexity index is 1280. The molecule has 0 N–H and O–H groups in total. The van der Waals surface area contributed by atoms with Crippen molar-refractivity contribution in [1.29, 1.82) is 0 Å². The van der Waals surface area contributed by atoms with Crippen LogP contribution < -0.4 is 4.74 Å². The van der Waals surface area contributed by atoms with Gasteiger partial charge < -0.3 is 4.74 Å². The summed E-state index contributed by atoms with van der Waals surface area (Å²) in [5.74, 6) is 1.84. The summed E-state index contributed by atoms with van der Waals surface area (Å²) >= 11 is 0. The first-order chi connectivity index (χ1) is 14.4. The van der Waals surface area contributed by atoms with Crippen molar-refractivity contribution in [2.45, 2.75) is 12.0 Å². The molecule has 3 aromatic carbocycles. The molecule has 2 unspecified atom stereocenters. The van der Waals surface area contributed by atoms with Crippen molar-refractivity contribution in [3.63, 3.8) is 0 Å². The van der Waals surface area contributed by atoms with Crippen LogP contribution >= 0.6 is 0 Å². The van der Waals surface area contributed by atoms with Gasteiger partial charge in [-0.05, 0) is 6.08 Å². The van der Waals surface area contributed by atoms with E-state index in [1.54, 1.807) is 0 Å². The van der Waals surface area contributed by atoms with Crippen LogP contribution in [-0.4, -0.2) is 16.1 Å². The number of nitrogens with zero attached hydrogens (tertiary/aromatic N) is 2. The smallest absolute Gasteiger partial charge is 0.160 e. The topological polar surface area (TPSA) is 35.0 Å². The number of allylic oxidation sites excluding steroid dienone is 2. The Morgan fingerprint density at radius 1 is 0.690 bits per heavy atom. The minimum Gasteiger partial charge on any atom is -0.483 e. The highest BCUT2D eigenvalue weighted by molar-refractivity contribution is 5.98. The molecular formula is C26H18N2O. The van der Waals surface area contributed by atoms with E-state index in [1.165, 1.54) is 5.56 Å². The lowest BCUT2D eigenvalue weighted by atomic mass is 9.91. The minimum atomic E-state index is 0.0379. The molecule has 1 aromatic heterocycles. The maximum atomic E-state index is 6.38. The number of ether oxygens (including phenoxy) is 1. The summed E-state index contributed by atoms with van der Waals surface area (Å²) in [7, 11) is 0. The Balaban J connectivity index is 1.65. The lowest BCUT2D eigenvalue weighted by molar-refractivity contribution is 0.271. The summed E-state index contributed by atoms with van der Waals surface area (Å²) in [6.45, 7) is 0. The van der Waals surface area contributed by atoms with Crippen LogP contribution in [0.3, 0.4) is 0 Å². The first-order valence-corrected chi connectivity index (χ1v) is 9.85. The summed E-state index contributed by atoms with van der Waals surface area (Å²) in [4.78, 5) is 9.94. The Morgan fingerprint density at radius 3 is 2.21 bits per heavy atom. The Labute approximate surface area is 169 Å². The molecule has 0 amide bonds. The van der Waals surface area contributed by atoms with Crippen molar-refractivity contribution in [2.75, 3.05) is 0 Å². The lowest BCUT2D eigenvalue weighted by Crippen LogP contribution is -2.15. The van der Waals surface area contributed by atoms with E-state index in [-0.39, 0.29) is 12.0 Å². The molecule has 29 heavy (non-hydrogen) atoms. The van der Waals surface area contributed by atoms with Crippen LogP contribution in [0.2, 0.25) is 0 Å². The third-order valence-electron chi connectivity index (χ3n) is 5.63. The quantitative estimate of drug-likeness (QED) is 0.436. The Hall–Kier alpha value is -3.72. The SMILES string of the molecule is C1=CC2Oc3c(ccc4c(-c5ccccc5)nc(-c5ccccc5)nc34)C2C=C1. The Morgan fingerprint density at radius 2 is 1.41 bits per heavy atom. The summed E-state index contributed by atoms with van der Waals surface area (Å²) < 4.78 is 6.38. The third kappa shape index (κ3) is 2.59. The van der Waals surface area contributed by atoms with Gasteiger partial charge in [-0.25, -0.2) is 9.97 Å². The van der Waals surface area contributed by atoms with Gasteiger partial charge in [0.15, 0.2) is 11.6 Å². The highest BCUT2D eigenvalue weighted by Gasteiger charge is 2.34. The second kappa shape index (κ2) is 6.42. The molecular weight excluding hydrogens is 356 g/mol. The van der Waals surface area contributed by atoms with Crippen molar-refractivity contribution in [3.8, 4) is 28.4 Å². The van der Waals surface area contributed by atoms with Gasteiger partial charge in [-0.15, -0.1) is 0 Å². The minimum absolute atomic E-state index is 0.0379. The Kier molecular flexibility index (Phi) is 3.60. The van der Waals surface area contributed by atoms with E-state index in [0.717, 1.165) is 39.3 Å². The van der Waals surface area contributed by atoms with Gasteiger partial charge in [0.25, 0.3) is 0 Å². The second-order valence-corrected chi connectivity index (χ2v) is 7.39. The molecule has 0 saturated heterocycles. The largest absolute Gasteiger partial charge is 0.483 e. The lowest BCUT2D eigenvalue weighted by Gasteiger charge is -2.13. The van der Waals surface area contributed by atoms with E-state index >= 15 is 0 Å². The molecule has 2 aliphatic rings. The number of hydrogen-bond acceptors (Lipinski definition) is 3. The van der Waals surface area contributed by atoms with E-state index < -0.39 is 0 Å². The van der Waals surface area contributed by atoms with Crippen LogP contribution in [0.1, 0.15) is 11.5 Å². The first-order valence-electron chi connectivity index (χ1n) is 9.85. The van der Waals surface area contributed by atoms with Crippen molar-refractivity contribution in [2.24, 2.45) is 0 Å². The molecule has 3 nitrogen and oxygen atoms in total. The second-order valence-electron chi connectivity index (χ2n) is 7.39. The van der Waals surface area contributed by atoms with Gasteiger partial charge in [0.2, 0.25) is 0 Å². The highest BCUT2D eigenvalue weighted by atomic mass is 16.5. The van der Waals surface area contributed by atoms with Crippen LogP contribution in [-0.2, 0) is 0 Å². The molecule has 138 valence electrons. The number of hydrogen-bond donors (Lipinski definition) is 0. The van der Waals surface area contributed by atoms with Gasteiger partial charge >= 0.3 is 0 Å². The van der Waals surface area contributed by atoms with Gasteiger partial charge in [-0.1, -0.05) is 91.0 Å². The number of fused-ring (bicyclic) bond motifs is 5. The van der Waals surface area contributed by atoms with Gasteiger partial charge in [0.1, 0.15) is 11.6 Å². The standard InChI is InChI=1S/C26H18N2O/c1-3-9-17(10-4-1)23-21-16-15-20-19-13-7-8-14-22(19)29-25(20)24(21)28-26(27-23)18-11-5-2-6-12-18/h1-16,19,22H. The van der Waals surface area contributed by atoms with E-state index in [0.29, 0.717) is 0 Å². The van der Waals surface area contributed by atoms with Crippen molar-refractivity contribution in [1.82, 2.24) is 9.97 Å². The van der Waals surface area contributed by atoms with Crippen molar-refractivity contribution < 1.29 is 4.74 Å². The third-order valence-corrected chi connectivity index (χ3v) is 5.63. The molecule has 0 spiro atoms. The normalized spacial score (nSPS) is 19.0. The molecule has 2 heterocycles. The summed E-state index contributed by atoms with van der Waals surface area (Å²) in [6, 6.07) is 24.7.